The number of pyridine rings is 1. The first kappa shape index (κ1) is 20.0. The highest BCUT2D eigenvalue weighted by molar-refractivity contribution is 5.80. The second-order valence-electron chi connectivity index (χ2n) is 7.88. The zero-order chi connectivity index (χ0) is 20.1. The number of para-hydroxylation sites is 1. The van der Waals surface area contributed by atoms with E-state index in [2.05, 4.69) is 54.6 Å². The lowest BCUT2D eigenvalue weighted by Gasteiger charge is -2.38. The summed E-state index contributed by atoms with van der Waals surface area (Å²) in [5.41, 5.74) is 2.03. The second-order valence-corrected chi connectivity index (χ2v) is 7.88. The Balaban J connectivity index is 1.83. The van der Waals surface area contributed by atoms with E-state index in [1.54, 1.807) is 0 Å². The Labute approximate surface area is 168 Å². The maximum Gasteiger partial charge on any atom is 0.192 e. The fourth-order valence-corrected chi connectivity index (χ4v) is 3.54. The third-order valence-electron chi connectivity index (χ3n) is 4.73. The van der Waals surface area contributed by atoms with Crippen LogP contribution in [0.15, 0.2) is 47.6 Å². The molecule has 0 radical (unpaired) electrons. The van der Waals surface area contributed by atoms with Gasteiger partial charge in [0.1, 0.15) is 17.2 Å². The van der Waals surface area contributed by atoms with Crippen molar-refractivity contribution in [3.63, 3.8) is 0 Å². The molecule has 1 aliphatic rings. The van der Waals surface area contributed by atoms with Gasteiger partial charge in [-0.15, -0.1) is 0 Å². The summed E-state index contributed by atoms with van der Waals surface area (Å²) in [5.74, 6) is 2.68. The van der Waals surface area contributed by atoms with E-state index < -0.39 is 0 Å². The molecule has 0 aliphatic carbocycles. The van der Waals surface area contributed by atoms with Crippen molar-refractivity contribution in [2.24, 2.45) is 4.99 Å². The molecule has 1 aromatic carbocycles. The molecule has 0 saturated heterocycles. The molecule has 2 N–H and O–H groups in total. The van der Waals surface area contributed by atoms with Crippen molar-refractivity contribution in [3.8, 4) is 5.75 Å². The van der Waals surface area contributed by atoms with Crippen molar-refractivity contribution < 1.29 is 4.74 Å². The van der Waals surface area contributed by atoms with Crippen LogP contribution in [0.5, 0.6) is 5.75 Å². The molecule has 2 heterocycles. The molecule has 1 unspecified atom stereocenters. The van der Waals surface area contributed by atoms with Crippen LogP contribution in [0.25, 0.3) is 0 Å². The predicted octanol–water partition coefficient (Wildman–Crippen LogP) is 3.51. The SMILES string of the molecule is CCNC(=NCc1cccnc1N(C)C)NC1CC(C)(C)Oc2ccccc21. The van der Waals surface area contributed by atoms with Crippen LogP contribution >= 0.6 is 0 Å². The van der Waals surface area contributed by atoms with Crippen LogP contribution in [0.3, 0.4) is 0 Å². The molecule has 6 heteroatoms. The highest BCUT2D eigenvalue weighted by atomic mass is 16.5. The van der Waals surface area contributed by atoms with Gasteiger partial charge in [0.25, 0.3) is 0 Å². The maximum absolute atomic E-state index is 6.15. The van der Waals surface area contributed by atoms with Crippen LogP contribution in [0.2, 0.25) is 0 Å². The topological polar surface area (TPSA) is 61.8 Å². The molecule has 1 aromatic heterocycles. The monoisotopic (exact) mass is 381 g/mol. The Hall–Kier alpha value is -2.76. The molecule has 1 atom stereocenters. The van der Waals surface area contributed by atoms with Gasteiger partial charge in [-0.2, -0.15) is 0 Å². The van der Waals surface area contributed by atoms with E-state index in [-0.39, 0.29) is 11.6 Å². The summed E-state index contributed by atoms with van der Waals surface area (Å²) in [7, 11) is 4.00. The number of fused-ring (bicyclic) bond motifs is 1. The van der Waals surface area contributed by atoms with Crippen molar-refractivity contribution in [2.45, 2.75) is 45.4 Å². The Morgan fingerprint density at radius 3 is 2.79 bits per heavy atom. The summed E-state index contributed by atoms with van der Waals surface area (Å²) in [4.78, 5) is 11.3. The van der Waals surface area contributed by atoms with E-state index in [1.165, 1.54) is 5.56 Å². The zero-order valence-electron chi connectivity index (χ0n) is 17.5. The van der Waals surface area contributed by atoms with Crippen LogP contribution in [0.1, 0.15) is 44.4 Å². The summed E-state index contributed by atoms with van der Waals surface area (Å²) in [6, 6.07) is 12.4. The number of aliphatic imine (C=N–C) groups is 1. The van der Waals surface area contributed by atoms with Gasteiger partial charge < -0.3 is 20.3 Å². The lowest BCUT2D eigenvalue weighted by atomic mass is 9.90. The van der Waals surface area contributed by atoms with Crippen LogP contribution < -0.4 is 20.3 Å². The molecular weight excluding hydrogens is 350 g/mol. The quantitative estimate of drug-likeness (QED) is 0.613. The lowest BCUT2D eigenvalue weighted by molar-refractivity contribution is 0.0694. The number of rotatable bonds is 5. The van der Waals surface area contributed by atoms with Gasteiger partial charge in [-0.3, -0.25) is 0 Å². The number of ether oxygens (including phenoxy) is 1. The Kier molecular flexibility index (Phi) is 6.07. The second kappa shape index (κ2) is 8.50. The molecule has 28 heavy (non-hydrogen) atoms. The smallest absolute Gasteiger partial charge is 0.192 e. The Morgan fingerprint density at radius 1 is 1.25 bits per heavy atom. The molecule has 1 aliphatic heterocycles. The number of hydrogen-bond acceptors (Lipinski definition) is 4. The minimum atomic E-state index is -0.231. The third-order valence-corrected chi connectivity index (χ3v) is 4.73. The van der Waals surface area contributed by atoms with Crippen LogP contribution in [0.4, 0.5) is 5.82 Å². The maximum atomic E-state index is 6.15. The summed E-state index contributed by atoms with van der Waals surface area (Å²) >= 11 is 0. The van der Waals surface area contributed by atoms with Crippen molar-refractivity contribution >= 4 is 11.8 Å². The van der Waals surface area contributed by atoms with Crippen molar-refractivity contribution in [1.29, 1.82) is 0 Å². The van der Waals surface area contributed by atoms with E-state index in [9.17, 15) is 0 Å². The first-order valence-corrected chi connectivity index (χ1v) is 9.83. The number of nitrogens with one attached hydrogen (secondary N) is 2. The van der Waals surface area contributed by atoms with E-state index in [0.717, 1.165) is 36.1 Å². The molecule has 6 nitrogen and oxygen atoms in total. The van der Waals surface area contributed by atoms with Gasteiger partial charge in [-0.1, -0.05) is 24.3 Å². The standard InChI is InChI=1S/C22H31N5O/c1-6-23-21(25-15-16-10-9-13-24-20(16)27(4)5)26-18-14-22(2,3)28-19-12-8-7-11-17(18)19/h7-13,18H,6,14-15H2,1-5H3,(H2,23,25,26). The molecule has 0 fully saturated rings. The number of aromatic nitrogens is 1. The fourth-order valence-electron chi connectivity index (χ4n) is 3.54. The number of hydrogen-bond donors (Lipinski definition) is 2. The summed E-state index contributed by atoms with van der Waals surface area (Å²) < 4.78 is 6.15. The minimum Gasteiger partial charge on any atom is -0.487 e. The summed E-state index contributed by atoms with van der Waals surface area (Å²) in [5, 5.41) is 6.98. The average Bonchev–Trinajstić information content (AvgIpc) is 2.65. The number of guanidine groups is 1. The van der Waals surface area contributed by atoms with E-state index in [4.69, 9.17) is 9.73 Å². The van der Waals surface area contributed by atoms with Gasteiger partial charge in [0.05, 0.1) is 12.6 Å². The van der Waals surface area contributed by atoms with Crippen molar-refractivity contribution in [2.75, 3.05) is 25.5 Å². The van der Waals surface area contributed by atoms with Gasteiger partial charge in [-0.05, 0) is 32.9 Å². The Morgan fingerprint density at radius 2 is 2.04 bits per heavy atom. The molecule has 0 spiro atoms. The first-order valence-electron chi connectivity index (χ1n) is 9.83. The van der Waals surface area contributed by atoms with Gasteiger partial charge in [0, 0.05) is 44.4 Å². The minimum absolute atomic E-state index is 0.139. The number of benzene rings is 1. The van der Waals surface area contributed by atoms with Gasteiger partial charge in [0.15, 0.2) is 5.96 Å². The van der Waals surface area contributed by atoms with E-state index in [0.29, 0.717) is 6.54 Å². The van der Waals surface area contributed by atoms with Crippen LogP contribution in [0, 0.1) is 0 Å². The predicted molar refractivity (Wildman–Crippen MR) is 115 cm³/mol. The molecular formula is C22H31N5O. The average molecular weight is 382 g/mol. The zero-order valence-corrected chi connectivity index (χ0v) is 17.5. The fraction of sp³-hybridized carbons (Fsp3) is 0.455. The highest BCUT2D eigenvalue weighted by Crippen LogP contribution is 2.39. The third kappa shape index (κ3) is 4.74. The van der Waals surface area contributed by atoms with Crippen molar-refractivity contribution in [1.82, 2.24) is 15.6 Å². The molecule has 0 bridgehead atoms. The summed E-state index contributed by atoms with van der Waals surface area (Å²) in [6.45, 7) is 7.69. The number of nitrogens with zero attached hydrogens (tertiary/aromatic N) is 3. The van der Waals surface area contributed by atoms with Gasteiger partial charge >= 0.3 is 0 Å². The molecule has 150 valence electrons. The molecule has 3 rings (SSSR count). The lowest BCUT2D eigenvalue weighted by Crippen LogP contribution is -2.45. The van der Waals surface area contributed by atoms with Crippen LogP contribution in [-0.2, 0) is 6.54 Å². The number of anilines is 1. The van der Waals surface area contributed by atoms with Crippen LogP contribution in [-0.4, -0.2) is 37.2 Å². The molecule has 0 saturated carbocycles. The highest BCUT2D eigenvalue weighted by Gasteiger charge is 2.33. The van der Waals surface area contributed by atoms with Gasteiger partial charge in [-0.25, -0.2) is 9.98 Å². The van der Waals surface area contributed by atoms with E-state index >= 15 is 0 Å². The molecule has 0 amide bonds. The largest absolute Gasteiger partial charge is 0.487 e. The molecule has 2 aromatic rings. The van der Waals surface area contributed by atoms with Gasteiger partial charge in [0.2, 0.25) is 0 Å². The summed E-state index contributed by atoms with van der Waals surface area (Å²) in [6.07, 6.45) is 2.68. The van der Waals surface area contributed by atoms with E-state index in [1.807, 2.05) is 43.4 Å². The first-order chi connectivity index (χ1) is 13.4. The van der Waals surface area contributed by atoms with Crippen molar-refractivity contribution in [3.05, 3.63) is 53.7 Å². The Bertz CT molecular complexity index is 831. The normalized spacial score (nSPS) is 18.0.